The number of ether oxygens (including phenoxy) is 4. The summed E-state index contributed by atoms with van der Waals surface area (Å²) in [6.07, 6.45) is 5.71. The number of hydrogen-bond donors (Lipinski definition) is 0. The van der Waals surface area contributed by atoms with Crippen LogP contribution in [0.15, 0.2) is 58.6 Å². The number of nitrogens with zero attached hydrogens (tertiary/aromatic N) is 1. The molecule has 0 amide bonds. The van der Waals surface area contributed by atoms with Gasteiger partial charge in [-0.15, -0.1) is 0 Å². The SMILES string of the molecule is CCOC(=O)/C=C/Oc1ccc(Br)cc1C1C(C(=O)OCC)=CN(C(C)C)C=C1C(=O)OCC. The molecule has 0 aliphatic carbocycles. The van der Waals surface area contributed by atoms with Gasteiger partial charge in [0.15, 0.2) is 0 Å². The van der Waals surface area contributed by atoms with Crippen LogP contribution in [0.5, 0.6) is 5.75 Å². The van der Waals surface area contributed by atoms with E-state index in [0.717, 1.165) is 6.08 Å². The summed E-state index contributed by atoms with van der Waals surface area (Å²) >= 11 is 3.46. The summed E-state index contributed by atoms with van der Waals surface area (Å²) in [5.41, 5.74) is 1.04. The monoisotopic (exact) mass is 535 g/mol. The topological polar surface area (TPSA) is 91.4 Å². The molecule has 0 unspecified atom stereocenters. The predicted octanol–water partition coefficient (Wildman–Crippen LogP) is 4.61. The van der Waals surface area contributed by atoms with Crippen molar-refractivity contribution in [3.63, 3.8) is 0 Å². The second-order valence-electron chi connectivity index (χ2n) is 7.44. The molecule has 0 aromatic heterocycles. The van der Waals surface area contributed by atoms with Crippen LogP contribution >= 0.6 is 15.9 Å². The Labute approximate surface area is 208 Å². The molecule has 0 bridgehead atoms. The Balaban J connectivity index is 2.64. The lowest BCUT2D eigenvalue weighted by molar-refractivity contribution is -0.140. The molecule has 0 saturated carbocycles. The van der Waals surface area contributed by atoms with Gasteiger partial charge in [0.2, 0.25) is 0 Å². The van der Waals surface area contributed by atoms with E-state index in [1.54, 1.807) is 56.3 Å². The standard InChI is InChI=1S/C25H30BrNO7/c1-6-31-22(28)11-12-34-21-10-9-17(26)13-18(21)23-19(24(29)32-7-2)14-27(16(4)5)15-20(23)25(30)33-8-3/h9-16,23H,6-8H2,1-5H3/b12-11+. The number of esters is 3. The molecule has 1 aromatic carbocycles. The molecular formula is C25H30BrNO7. The maximum absolute atomic E-state index is 13.0. The van der Waals surface area contributed by atoms with Gasteiger partial charge in [-0.05, 0) is 52.8 Å². The third-order valence-corrected chi connectivity index (χ3v) is 5.28. The van der Waals surface area contributed by atoms with Gasteiger partial charge in [-0.1, -0.05) is 15.9 Å². The number of carbonyl (C=O) groups excluding carboxylic acids is 3. The molecule has 8 nitrogen and oxygen atoms in total. The van der Waals surface area contributed by atoms with E-state index in [-0.39, 0.29) is 37.0 Å². The second kappa shape index (κ2) is 13.0. The van der Waals surface area contributed by atoms with Gasteiger partial charge in [0.25, 0.3) is 0 Å². The highest BCUT2D eigenvalue weighted by atomic mass is 79.9. The number of hydrogen-bond acceptors (Lipinski definition) is 8. The Hall–Kier alpha value is -3.07. The van der Waals surface area contributed by atoms with Crippen molar-refractivity contribution in [1.29, 1.82) is 0 Å². The van der Waals surface area contributed by atoms with Gasteiger partial charge in [0, 0.05) is 28.5 Å². The van der Waals surface area contributed by atoms with Crippen molar-refractivity contribution in [2.45, 2.75) is 46.6 Å². The minimum Gasteiger partial charge on any atom is -0.464 e. The summed E-state index contributed by atoms with van der Waals surface area (Å²) in [6, 6.07) is 5.15. The quantitative estimate of drug-likeness (QED) is 0.185. The van der Waals surface area contributed by atoms with Crippen LogP contribution in [0.25, 0.3) is 0 Å². The van der Waals surface area contributed by atoms with Crippen molar-refractivity contribution in [3.05, 3.63) is 64.1 Å². The van der Waals surface area contributed by atoms with Gasteiger partial charge in [0.05, 0.1) is 49.2 Å². The molecule has 1 aliphatic rings. The molecule has 0 atom stereocenters. The van der Waals surface area contributed by atoms with Gasteiger partial charge in [0.1, 0.15) is 5.75 Å². The Kier molecular flexibility index (Phi) is 10.4. The largest absolute Gasteiger partial charge is 0.464 e. The van der Waals surface area contributed by atoms with E-state index in [2.05, 4.69) is 15.9 Å². The first-order valence-corrected chi connectivity index (χ1v) is 11.9. The van der Waals surface area contributed by atoms with Crippen LogP contribution in [0.2, 0.25) is 0 Å². The normalized spacial score (nSPS) is 14.0. The zero-order valence-electron chi connectivity index (χ0n) is 20.0. The minimum absolute atomic E-state index is 0.0273. The van der Waals surface area contributed by atoms with Gasteiger partial charge in [-0.3, -0.25) is 0 Å². The number of halogens is 1. The lowest BCUT2D eigenvalue weighted by atomic mass is 9.82. The predicted molar refractivity (Wildman–Crippen MR) is 130 cm³/mol. The molecule has 0 fully saturated rings. The van der Waals surface area contributed by atoms with Crippen molar-refractivity contribution in [2.24, 2.45) is 0 Å². The van der Waals surface area contributed by atoms with Gasteiger partial charge >= 0.3 is 17.9 Å². The molecule has 1 aromatic rings. The Bertz CT molecular complexity index is 961. The van der Waals surface area contributed by atoms with Crippen LogP contribution in [0, 0.1) is 0 Å². The fourth-order valence-electron chi connectivity index (χ4n) is 3.28. The fourth-order valence-corrected chi connectivity index (χ4v) is 3.66. The van der Waals surface area contributed by atoms with Crippen LogP contribution in [-0.4, -0.2) is 48.7 Å². The first kappa shape index (κ1) is 27.2. The summed E-state index contributed by atoms with van der Waals surface area (Å²) in [6.45, 7) is 9.59. The van der Waals surface area contributed by atoms with Crippen LogP contribution < -0.4 is 4.74 Å². The van der Waals surface area contributed by atoms with Gasteiger partial charge in [-0.25, -0.2) is 14.4 Å². The minimum atomic E-state index is -0.823. The molecule has 0 saturated heterocycles. The fraction of sp³-hybridized carbons (Fsp3) is 0.400. The van der Waals surface area contributed by atoms with E-state index in [9.17, 15) is 14.4 Å². The zero-order valence-corrected chi connectivity index (χ0v) is 21.6. The molecule has 0 N–H and O–H groups in total. The van der Waals surface area contributed by atoms with E-state index in [1.807, 2.05) is 13.8 Å². The maximum atomic E-state index is 13.0. The van der Waals surface area contributed by atoms with Crippen molar-refractivity contribution >= 4 is 33.8 Å². The highest BCUT2D eigenvalue weighted by Crippen LogP contribution is 2.42. The third-order valence-electron chi connectivity index (χ3n) is 4.79. The first-order valence-electron chi connectivity index (χ1n) is 11.1. The number of benzene rings is 1. The van der Waals surface area contributed by atoms with E-state index in [1.165, 1.54) is 6.26 Å². The Morgan fingerprint density at radius 1 is 0.971 bits per heavy atom. The Morgan fingerprint density at radius 2 is 1.53 bits per heavy atom. The van der Waals surface area contributed by atoms with Crippen LogP contribution in [-0.2, 0) is 28.6 Å². The van der Waals surface area contributed by atoms with Crippen LogP contribution in [0.4, 0.5) is 0 Å². The van der Waals surface area contributed by atoms with E-state index in [4.69, 9.17) is 18.9 Å². The molecule has 2 rings (SSSR count). The summed E-state index contributed by atoms with van der Waals surface area (Å²) in [5.74, 6) is -2.14. The number of carbonyl (C=O) groups is 3. The molecule has 1 aliphatic heterocycles. The van der Waals surface area contributed by atoms with Crippen molar-refractivity contribution in [1.82, 2.24) is 4.90 Å². The van der Waals surface area contributed by atoms with E-state index in [0.29, 0.717) is 15.8 Å². The molecule has 0 radical (unpaired) electrons. The molecule has 184 valence electrons. The molecule has 0 spiro atoms. The summed E-state index contributed by atoms with van der Waals surface area (Å²) in [7, 11) is 0. The summed E-state index contributed by atoms with van der Waals surface area (Å²) in [4.78, 5) is 39.5. The Morgan fingerprint density at radius 3 is 2.03 bits per heavy atom. The maximum Gasteiger partial charge on any atom is 0.336 e. The zero-order chi connectivity index (χ0) is 25.3. The first-order chi connectivity index (χ1) is 16.2. The van der Waals surface area contributed by atoms with Crippen molar-refractivity contribution in [3.8, 4) is 5.75 Å². The molecule has 34 heavy (non-hydrogen) atoms. The van der Waals surface area contributed by atoms with Crippen molar-refractivity contribution < 1.29 is 33.3 Å². The van der Waals surface area contributed by atoms with Crippen LogP contribution in [0.3, 0.4) is 0 Å². The highest BCUT2D eigenvalue weighted by Gasteiger charge is 2.37. The number of rotatable bonds is 10. The smallest absolute Gasteiger partial charge is 0.336 e. The lowest BCUT2D eigenvalue weighted by Gasteiger charge is -2.33. The summed E-state index contributed by atoms with van der Waals surface area (Å²) in [5, 5.41) is 0. The highest BCUT2D eigenvalue weighted by molar-refractivity contribution is 9.10. The lowest BCUT2D eigenvalue weighted by Crippen LogP contribution is -2.32. The molecule has 9 heteroatoms. The molecular weight excluding hydrogens is 506 g/mol. The average Bonchev–Trinajstić information content (AvgIpc) is 2.79. The van der Waals surface area contributed by atoms with E-state index >= 15 is 0 Å². The van der Waals surface area contributed by atoms with Crippen LogP contribution in [0.1, 0.15) is 46.1 Å². The second-order valence-corrected chi connectivity index (χ2v) is 8.35. The van der Waals surface area contributed by atoms with Gasteiger partial charge < -0.3 is 23.8 Å². The summed E-state index contributed by atoms with van der Waals surface area (Å²) < 4.78 is 22.0. The van der Waals surface area contributed by atoms with Gasteiger partial charge in [-0.2, -0.15) is 0 Å². The van der Waals surface area contributed by atoms with Crippen molar-refractivity contribution in [2.75, 3.05) is 19.8 Å². The third kappa shape index (κ3) is 6.96. The van der Waals surface area contributed by atoms with E-state index < -0.39 is 23.8 Å². The average molecular weight is 536 g/mol. The molecule has 1 heterocycles.